The van der Waals surface area contributed by atoms with Gasteiger partial charge in [0, 0.05) is 6.42 Å². The van der Waals surface area contributed by atoms with Gasteiger partial charge in [-0.1, -0.05) is 6.92 Å². The molecule has 0 aromatic heterocycles. The number of hydrogen-bond donors (Lipinski definition) is 1. The second kappa shape index (κ2) is 3.19. The largest absolute Gasteiger partial charge is 0.298 e. The Bertz CT molecular complexity index is 161. The first-order valence-electron chi connectivity index (χ1n) is 3.19. The van der Waals surface area contributed by atoms with Crippen molar-refractivity contribution in [2.75, 3.05) is 0 Å². The van der Waals surface area contributed by atoms with E-state index in [1.165, 1.54) is 13.8 Å². The molecule has 1 atom stereocenters. The first-order valence-corrected chi connectivity index (χ1v) is 3.64. The molecule has 0 saturated heterocycles. The Morgan fingerprint density at radius 1 is 1.50 bits per heavy atom. The van der Waals surface area contributed by atoms with Crippen LogP contribution in [0, 0.1) is 0 Å². The molecule has 0 saturated carbocycles. The number of ketones is 2. The van der Waals surface area contributed by atoms with Crippen molar-refractivity contribution in [1.29, 1.82) is 0 Å². The van der Waals surface area contributed by atoms with Gasteiger partial charge in [0.05, 0.1) is 0 Å². The second-order valence-corrected chi connectivity index (χ2v) is 3.30. The lowest BCUT2D eigenvalue weighted by molar-refractivity contribution is -0.128. The fourth-order valence-electron chi connectivity index (χ4n) is 0.541. The highest BCUT2D eigenvalue weighted by Crippen LogP contribution is 2.17. The molecule has 2 nitrogen and oxygen atoms in total. The molecular weight excluding hydrogens is 148 g/mol. The van der Waals surface area contributed by atoms with Gasteiger partial charge in [0.2, 0.25) is 0 Å². The molecule has 0 aliphatic rings. The lowest BCUT2D eigenvalue weighted by Gasteiger charge is -2.16. The quantitative estimate of drug-likeness (QED) is 0.498. The van der Waals surface area contributed by atoms with Gasteiger partial charge in [-0.3, -0.25) is 9.59 Å². The van der Waals surface area contributed by atoms with Gasteiger partial charge in [0.1, 0.15) is 4.75 Å². The first-order chi connectivity index (χ1) is 4.42. The number of thiol groups is 1. The zero-order valence-corrected chi connectivity index (χ0v) is 7.37. The van der Waals surface area contributed by atoms with Crippen molar-refractivity contribution in [2.45, 2.75) is 31.9 Å². The van der Waals surface area contributed by atoms with Gasteiger partial charge in [0.15, 0.2) is 11.6 Å². The molecule has 0 fully saturated rings. The highest BCUT2D eigenvalue weighted by molar-refractivity contribution is 7.83. The number of Topliss-reactive ketones (excluding diaryl/α,β-unsaturated/α-hetero) is 2. The maximum Gasteiger partial charge on any atom is 0.155 e. The minimum absolute atomic E-state index is 0.122. The summed E-state index contributed by atoms with van der Waals surface area (Å²) in [7, 11) is 0. The van der Waals surface area contributed by atoms with Crippen LogP contribution < -0.4 is 0 Å². The summed E-state index contributed by atoms with van der Waals surface area (Å²) in [5.74, 6) is -0.314. The van der Waals surface area contributed by atoms with Crippen LogP contribution in [-0.2, 0) is 9.59 Å². The molecule has 0 rings (SSSR count). The Labute approximate surface area is 66.4 Å². The van der Waals surface area contributed by atoms with Gasteiger partial charge < -0.3 is 0 Å². The van der Waals surface area contributed by atoms with Gasteiger partial charge in [-0.05, 0) is 13.8 Å². The number of rotatable bonds is 3. The molecule has 3 heteroatoms. The van der Waals surface area contributed by atoms with E-state index in [-0.39, 0.29) is 11.6 Å². The molecular formula is C7H12O2S. The summed E-state index contributed by atoms with van der Waals surface area (Å²) < 4.78 is -1.07. The number of carbonyl (C=O) groups excluding carboxylic acids is 2. The maximum atomic E-state index is 11.0. The fourth-order valence-corrected chi connectivity index (χ4v) is 0.699. The molecule has 0 aliphatic carbocycles. The third kappa shape index (κ3) is 1.84. The lowest BCUT2D eigenvalue weighted by atomic mass is 9.99. The van der Waals surface area contributed by atoms with E-state index in [0.717, 1.165) is 0 Å². The monoisotopic (exact) mass is 160 g/mol. The molecule has 1 unspecified atom stereocenters. The Balaban J connectivity index is 4.40. The maximum absolute atomic E-state index is 11.0. The smallest absolute Gasteiger partial charge is 0.155 e. The number of carbonyl (C=O) groups is 2. The summed E-state index contributed by atoms with van der Waals surface area (Å²) in [4.78, 5) is 21.7. The minimum atomic E-state index is -1.07. The molecule has 0 aromatic carbocycles. The Morgan fingerprint density at radius 2 is 1.90 bits per heavy atom. The van der Waals surface area contributed by atoms with E-state index < -0.39 is 4.75 Å². The van der Waals surface area contributed by atoms with Gasteiger partial charge in [-0.25, -0.2) is 0 Å². The summed E-state index contributed by atoms with van der Waals surface area (Å²) in [5, 5.41) is 0. The summed E-state index contributed by atoms with van der Waals surface area (Å²) in [5.41, 5.74) is 0. The van der Waals surface area contributed by atoms with Crippen LogP contribution in [0.5, 0.6) is 0 Å². The third-order valence-electron chi connectivity index (χ3n) is 1.55. The average molecular weight is 160 g/mol. The summed E-state index contributed by atoms with van der Waals surface area (Å²) in [6.07, 6.45) is 0.361. The molecule has 0 aliphatic heterocycles. The summed E-state index contributed by atoms with van der Waals surface area (Å²) in [6, 6.07) is 0. The lowest BCUT2D eigenvalue weighted by Crippen LogP contribution is -2.35. The molecule has 0 amide bonds. The molecule has 0 aromatic rings. The normalized spacial score (nSPS) is 16.0. The topological polar surface area (TPSA) is 34.1 Å². The standard InChI is InChI=1S/C7H12O2S/c1-4-6(9)7(3,10)5(2)8/h10H,4H2,1-3H3. The van der Waals surface area contributed by atoms with Crippen LogP contribution in [0.2, 0.25) is 0 Å². The van der Waals surface area contributed by atoms with Crippen molar-refractivity contribution in [3.05, 3.63) is 0 Å². The Morgan fingerprint density at radius 3 is 2.00 bits per heavy atom. The zero-order chi connectivity index (χ0) is 8.36. The van der Waals surface area contributed by atoms with Crippen molar-refractivity contribution >= 4 is 24.2 Å². The van der Waals surface area contributed by atoms with Gasteiger partial charge in [-0.15, -0.1) is 0 Å². The summed E-state index contributed by atoms with van der Waals surface area (Å²) in [6.45, 7) is 4.63. The van der Waals surface area contributed by atoms with Gasteiger partial charge in [0.25, 0.3) is 0 Å². The molecule has 0 spiro atoms. The van der Waals surface area contributed by atoms with E-state index in [4.69, 9.17) is 0 Å². The predicted octanol–water partition coefficient (Wildman–Crippen LogP) is 1.24. The van der Waals surface area contributed by atoms with Crippen LogP contribution >= 0.6 is 12.6 Å². The molecule has 58 valence electrons. The summed E-state index contributed by atoms with van der Waals surface area (Å²) >= 11 is 3.96. The van der Waals surface area contributed by atoms with Crippen LogP contribution in [0.25, 0.3) is 0 Å². The van der Waals surface area contributed by atoms with E-state index in [9.17, 15) is 9.59 Å². The van der Waals surface area contributed by atoms with Crippen LogP contribution in [0.4, 0.5) is 0 Å². The fraction of sp³-hybridized carbons (Fsp3) is 0.714. The Kier molecular flexibility index (Phi) is 3.09. The predicted molar refractivity (Wildman–Crippen MR) is 43.4 cm³/mol. The number of hydrogen-bond acceptors (Lipinski definition) is 3. The first kappa shape index (κ1) is 9.69. The highest BCUT2D eigenvalue weighted by atomic mass is 32.1. The molecule has 10 heavy (non-hydrogen) atoms. The van der Waals surface area contributed by atoms with Crippen LogP contribution in [0.15, 0.2) is 0 Å². The highest BCUT2D eigenvalue weighted by Gasteiger charge is 2.31. The van der Waals surface area contributed by atoms with E-state index in [1.54, 1.807) is 6.92 Å². The minimum Gasteiger partial charge on any atom is -0.298 e. The molecule has 0 heterocycles. The van der Waals surface area contributed by atoms with Gasteiger partial charge in [-0.2, -0.15) is 12.6 Å². The second-order valence-electron chi connectivity index (χ2n) is 2.41. The third-order valence-corrected chi connectivity index (χ3v) is 2.11. The van der Waals surface area contributed by atoms with Gasteiger partial charge >= 0.3 is 0 Å². The van der Waals surface area contributed by atoms with Crippen molar-refractivity contribution < 1.29 is 9.59 Å². The van der Waals surface area contributed by atoms with E-state index in [2.05, 4.69) is 12.6 Å². The van der Waals surface area contributed by atoms with Crippen LogP contribution in [0.1, 0.15) is 27.2 Å². The van der Waals surface area contributed by atoms with Crippen LogP contribution in [-0.4, -0.2) is 16.3 Å². The van der Waals surface area contributed by atoms with E-state index in [0.29, 0.717) is 6.42 Å². The van der Waals surface area contributed by atoms with Crippen molar-refractivity contribution in [3.63, 3.8) is 0 Å². The zero-order valence-electron chi connectivity index (χ0n) is 6.47. The van der Waals surface area contributed by atoms with Crippen LogP contribution in [0.3, 0.4) is 0 Å². The molecule has 0 radical (unpaired) electrons. The Hall–Kier alpha value is -0.310. The van der Waals surface area contributed by atoms with Crippen molar-refractivity contribution in [1.82, 2.24) is 0 Å². The average Bonchev–Trinajstić information content (AvgIpc) is 1.86. The van der Waals surface area contributed by atoms with E-state index in [1.807, 2.05) is 0 Å². The molecule has 0 N–H and O–H groups in total. The SMILES string of the molecule is CCC(=O)C(C)(S)C(C)=O. The van der Waals surface area contributed by atoms with Crippen molar-refractivity contribution in [2.24, 2.45) is 0 Å². The van der Waals surface area contributed by atoms with E-state index >= 15 is 0 Å². The molecule has 0 bridgehead atoms. The van der Waals surface area contributed by atoms with Crippen molar-refractivity contribution in [3.8, 4) is 0 Å².